The summed E-state index contributed by atoms with van der Waals surface area (Å²) in [7, 11) is 0. The summed E-state index contributed by atoms with van der Waals surface area (Å²) in [6.07, 6.45) is 20.3. The van der Waals surface area contributed by atoms with Crippen LogP contribution in [-0.2, 0) is 12.8 Å². The summed E-state index contributed by atoms with van der Waals surface area (Å²) in [4.78, 5) is 0. The number of furan rings is 12. The minimum Gasteiger partial charge on any atom is -0.461 e. The Balaban J connectivity index is 0.000000163. The molecule has 0 spiro atoms. The summed E-state index contributed by atoms with van der Waals surface area (Å²) in [6.45, 7) is 4.45. The highest BCUT2D eigenvalue weighted by molar-refractivity contribution is 5.69. The van der Waals surface area contributed by atoms with Crippen molar-refractivity contribution in [2.24, 2.45) is 0 Å². The lowest BCUT2D eigenvalue weighted by Gasteiger charge is -2.01. The predicted octanol–water partition coefficient (Wildman–Crippen LogP) is 20.2. The van der Waals surface area contributed by atoms with E-state index in [1.54, 1.807) is 25.1 Å². The van der Waals surface area contributed by atoms with Gasteiger partial charge >= 0.3 is 0 Å². The zero-order valence-corrected chi connectivity index (χ0v) is 41.4. The van der Waals surface area contributed by atoms with E-state index < -0.39 is 0 Å². The van der Waals surface area contributed by atoms with Gasteiger partial charge in [-0.1, -0.05) is 65.2 Å². The van der Waals surface area contributed by atoms with Crippen molar-refractivity contribution in [1.82, 2.24) is 0 Å². The number of unbranched alkanes of at least 4 members (excludes halogenated alkanes) is 8. The molecule has 12 aromatic rings. The van der Waals surface area contributed by atoms with Crippen molar-refractivity contribution in [3.8, 4) is 115 Å². The van der Waals surface area contributed by atoms with Gasteiger partial charge in [-0.2, -0.15) is 0 Å². The average Bonchev–Trinajstić information content (AvgIpc) is 4.27. The maximum absolute atomic E-state index is 6.39. The van der Waals surface area contributed by atoms with E-state index in [2.05, 4.69) is 19.9 Å². The summed E-state index contributed by atoms with van der Waals surface area (Å²) in [5, 5.41) is 0. The molecule has 0 saturated heterocycles. The zero-order chi connectivity index (χ0) is 50.1. The van der Waals surface area contributed by atoms with Crippen molar-refractivity contribution >= 4 is 0 Å². The third-order valence-electron chi connectivity index (χ3n) is 12.8. The first kappa shape index (κ1) is 47.7. The molecular weight excluding hydrogens is 937 g/mol. The fraction of sp³-hybridized carbons (Fsp3) is 0.226. The Kier molecular flexibility index (Phi) is 14.4. The zero-order valence-electron chi connectivity index (χ0n) is 41.4. The first-order valence-corrected chi connectivity index (χ1v) is 25.6. The van der Waals surface area contributed by atoms with Gasteiger partial charge in [-0.3, -0.25) is 0 Å². The SMILES string of the molecule is CCCCCCCCc1cc(-c2ccc(-c3ccco3)o2)oc1-c1ccc(-c2ccco2)o1.CCCCCCc1cc(-c2ccc(-c3ccc(-c4ccco4)o3)o2)oc1-c1ccc(-c2ccc(-c3ccco3)o2)o1. The van der Waals surface area contributed by atoms with Gasteiger partial charge in [0.05, 0.1) is 25.1 Å². The highest BCUT2D eigenvalue weighted by Gasteiger charge is 2.24. The second-order valence-corrected chi connectivity index (χ2v) is 18.2. The van der Waals surface area contributed by atoms with E-state index in [9.17, 15) is 0 Å². The Morgan fingerprint density at radius 3 is 0.811 bits per heavy atom. The van der Waals surface area contributed by atoms with Crippen molar-refractivity contribution in [1.29, 1.82) is 0 Å². The van der Waals surface area contributed by atoms with Crippen molar-refractivity contribution in [3.05, 3.63) is 170 Å². The highest BCUT2D eigenvalue weighted by Crippen LogP contribution is 2.41. The Morgan fingerprint density at radius 2 is 0.500 bits per heavy atom. The molecule has 376 valence electrons. The van der Waals surface area contributed by atoms with E-state index in [1.807, 2.05) is 127 Å². The van der Waals surface area contributed by atoms with Gasteiger partial charge in [0, 0.05) is 11.1 Å². The quantitative estimate of drug-likeness (QED) is 0.0593. The van der Waals surface area contributed by atoms with Gasteiger partial charge in [0.1, 0.15) is 0 Å². The van der Waals surface area contributed by atoms with Crippen LogP contribution in [0.1, 0.15) is 89.2 Å². The molecule has 12 nitrogen and oxygen atoms in total. The van der Waals surface area contributed by atoms with E-state index in [-0.39, 0.29) is 0 Å². The molecule has 0 aliphatic carbocycles. The minimum atomic E-state index is 0.603. The summed E-state index contributed by atoms with van der Waals surface area (Å²) < 4.78 is 71.0. The first-order valence-electron chi connectivity index (χ1n) is 25.6. The van der Waals surface area contributed by atoms with E-state index in [0.29, 0.717) is 109 Å². The van der Waals surface area contributed by atoms with Gasteiger partial charge in [0.25, 0.3) is 0 Å². The molecule has 0 fully saturated rings. The van der Waals surface area contributed by atoms with Crippen LogP contribution in [0, 0.1) is 0 Å². The number of rotatable bonds is 22. The highest BCUT2D eigenvalue weighted by atomic mass is 16.4. The molecule has 74 heavy (non-hydrogen) atoms. The molecule has 0 radical (unpaired) electrons. The third kappa shape index (κ3) is 10.8. The second-order valence-electron chi connectivity index (χ2n) is 18.2. The first-order chi connectivity index (χ1) is 36.6. The number of hydrogen-bond acceptors (Lipinski definition) is 12. The minimum absolute atomic E-state index is 0.603. The van der Waals surface area contributed by atoms with Crippen LogP contribution < -0.4 is 0 Å². The van der Waals surface area contributed by atoms with Crippen molar-refractivity contribution in [2.75, 3.05) is 0 Å². The van der Waals surface area contributed by atoms with Gasteiger partial charge in [-0.25, -0.2) is 0 Å². The monoisotopic (exact) mass is 992 g/mol. The smallest absolute Gasteiger partial charge is 0.173 e. The molecule has 0 saturated carbocycles. The Labute approximate surface area is 427 Å². The molecule has 12 rings (SSSR count). The van der Waals surface area contributed by atoms with Gasteiger partial charge < -0.3 is 53.0 Å². The average molecular weight is 993 g/mol. The van der Waals surface area contributed by atoms with Gasteiger partial charge in [0.2, 0.25) is 0 Å². The maximum atomic E-state index is 6.39. The van der Waals surface area contributed by atoms with Crippen molar-refractivity contribution in [3.63, 3.8) is 0 Å². The Bertz CT molecular complexity index is 3540. The fourth-order valence-corrected chi connectivity index (χ4v) is 9.00. The number of hydrogen-bond donors (Lipinski definition) is 0. The molecule has 12 heteroatoms. The van der Waals surface area contributed by atoms with Crippen LogP contribution in [0.4, 0.5) is 0 Å². The number of aryl methyl sites for hydroxylation is 2. The molecule has 0 unspecified atom stereocenters. The van der Waals surface area contributed by atoms with Gasteiger partial charge in [-0.05, 0) is 159 Å². The van der Waals surface area contributed by atoms with Crippen LogP contribution >= 0.6 is 0 Å². The molecule has 0 N–H and O–H groups in total. The van der Waals surface area contributed by atoms with Crippen LogP contribution in [0.2, 0.25) is 0 Å². The molecule has 0 aromatic carbocycles. The largest absolute Gasteiger partial charge is 0.461 e. The fourth-order valence-electron chi connectivity index (χ4n) is 9.00. The van der Waals surface area contributed by atoms with E-state index in [1.165, 1.54) is 44.9 Å². The summed E-state index contributed by atoms with van der Waals surface area (Å²) in [6, 6.07) is 41.6. The normalized spacial score (nSPS) is 11.5. The predicted molar refractivity (Wildman–Crippen MR) is 279 cm³/mol. The van der Waals surface area contributed by atoms with E-state index in [4.69, 9.17) is 53.0 Å². The second kappa shape index (κ2) is 22.4. The van der Waals surface area contributed by atoms with Crippen LogP contribution in [-0.4, -0.2) is 0 Å². The van der Waals surface area contributed by atoms with E-state index >= 15 is 0 Å². The van der Waals surface area contributed by atoms with Gasteiger partial charge in [-0.15, -0.1) is 0 Å². The van der Waals surface area contributed by atoms with Crippen molar-refractivity contribution < 1.29 is 53.0 Å². The third-order valence-corrected chi connectivity index (χ3v) is 12.8. The molecule has 0 aliphatic heterocycles. The maximum Gasteiger partial charge on any atom is 0.173 e. The molecule has 0 amide bonds. The van der Waals surface area contributed by atoms with Crippen LogP contribution in [0.15, 0.2) is 212 Å². The molecule has 0 aliphatic rings. The topological polar surface area (TPSA) is 158 Å². The lowest BCUT2D eigenvalue weighted by molar-refractivity contribution is 0.490. The molecule has 0 atom stereocenters. The van der Waals surface area contributed by atoms with E-state index in [0.717, 1.165) is 49.0 Å². The van der Waals surface area contributed by atoms with Crippen LogP contribution in [0.25, 0.3) is 115 Å². The molecular formula is C62H56O12. The Morgan fingerprint density at radius 1 is 0.243 bits per heavy atom. The Hall–Kier alpha value is -8.64. The molecule has 12 aromatic heterocycles. The van der Waals surface area contributed by atoms with Crippen LogP contribution in [0.5, 0.6) is 0 Å². The lowest BCUT2D eigenvalue weighted by atomic mass is 10.0. The molecule has 0 bridgehead atoms. The van der Waals surface area contributed by atoms with Crippen molar-refractivity contribution in [2.45, 2.75) is 90.9 Å². The summed E-state index contributed by atoms with van der Waals surface area (Å²) >= 11 is 0. The molecule has 12 heterocycles. The van der Waals surface area contributed by atoms with Gasteiger partial charge in [0.15, 0.2) is 115 Å². The van der Waals surface area contributed by atoms with Crippen LogP contribution in [0.3, 0.4) is 0 Å². The standard InChI is InChI=1S/C34H28O7.C28H28O5/c1-2-3-4-5-8-22-21-33(31-16-15-28(39-31)27-13-11-25(37-27)23-9-6-19-35-23)41-34(22)32-18-17-30(40-32)29-14-12-26(38-29)24-10-7-20-36-24;1-2-3-4-5-6-7-10-20-19-27(25-14-13-23(31-25)21-11-8-17-29-21)33-28(20)26-16-15-24(32-26)22-12-9-18-30-22/h6-7,9-21H,2-5,8H2,1H3;8-9,11-19H,2-7,10H2,1H3. The summed E-state index contributed by atoms with van der Waals surface area (Å²) in [5.74, 6) is 13.1. The summed E-state index contributed by atoms with van der Waals surface area (Å²) in [5.41, 5.74) is 2.19. The lowest BCUT2D eigenvalue weighted by Crippen LogP contribution is -1.86.